The molecule has 0 bridgehead atoms. The van der Waals surface area contributed by atoms with E-state index in [-0.39, 0.29) is 28.4 Å². The molecule has 3 nitrogen and oxygen atoms in total. The third-order valence-electron chi connectivity index (χ3n) is 1.43. The van der Waals surface area contributed by atoms with Crippen LogP contribution in [-0.4, -0.2) is 4.92 Å². The molecule has 1 rings (SSSR count). The number of non-ortho nitro benzene ring substituents is 1. The quantitative estimate of drug-likeness (QED) is 0.447. The molecule has 0 heterocycles. The topological polar surface area (TPSA) is 43.1 Å². The summed E-state index contributed by atoms with van der Waals surface area (Å²) in [6.07, 6.45) is -4.61. The number of nitrogens with zero attached hydrogens (tertiary/aromatic N) is 1. The van der Waals surface area contributed by atoms with Gasteiger partial charge in [0.1, 0.15) is 0 Å². The van der Waals surface area contributed by atoms with Gasteiger partial charge in [0.2, 0.25) is 0 Å². The molecule has 0 spiro atoms. The van der Waals surface area contributed by atoms with E-state index < -0.39 is 22.4 Å². The molecule has 0 atom stereocenters. The van der Waals surface area contributed by atoms with Gasteiger partial charge in [-0.3, -0.25) is 33.6 Å². The van der Waals surface area contributed by atoms with Crippen LogP contribution in [0.2, 0.25) is 0 Å². The van der Waals surface area contributed by atoms with Crippen LogP contribution in [0.3, 0.4) is 0 Å². The first-order valence-electron chi connectivity index (χ1n) is 3.34. The van der Waals surface area contributed by atoms with Crippen LogP contribution in [0.15, 0.2) is 23.1 Å². The summed E-state index contributed by atoms with van der Waals surface area (Å²) in [5.74, 6) is 0. The second-order valence-electron chi connectivity index (χ2n) is 2.47. The number of alkyl halides is 3. The largest absolute Gasteiger partial charge is 0.416 e. The fraction of sp³-hybridized carbons (Fsp3) is 0.143. The Morgan fingerprint density at radius 3 is 1.74 bits per heavy atom. The van der Waals surface area contributed by atoms with Gasteiger partial charge < -0.3 is 0 Å². The van der Waals surface area contributed by atoms with E-state index in [1.165, 1.54) is 0 Å². The van der Waals surface area contributed by atoms with E-state index >= 15 is 0 Å². The maximum Gasteiger partial charge on any atom is 0.416 e. The lowest BCUT2D eigenvalue weighted by Gasteiger charge is -2.06. The Bertz CT molecular complexity index is 386. The van der Waals surface area contributed by atoms with E-state index in [0.717, 1.165) is 6.07 Å². The zero-order valence-electron chi connectivity index (χ0n) is 8.58. The maximum atomic E-state index is 12.1. The third-order valence-corrected chi connectivity index (χ3v) is 1.67. The highest BCUT2D eigenvalue weighted by Crippen LogP contribution is 2.33. The van der Waals surface area contributed by atoms with Crippen molar-refractivity contribution in [3.63, 3.8) is 0 Å². The minimum absolute atomic E-state index is 0. The Balaban J connectivity index is -0.000000131. The first-order chi connectivity index (χ1) is 6.30. The minimum Gasteiger partial charge on any atom is -0.269 e. The Hall–Kier alpha value is -1.72. The van der Waals surface area contributed by atoms with Crippen molar-refractivity contribution in [2.24, 2.45) is 0 Å². The highest BCUT2D eigenvalue weighted by molar-refractivity contribution is 7.80. The lowest BCUT2D eigenvalue weighted by Crippen LogP contribution is -2.05. The number of rotatable bonds is 1. The molecule has 0 amide bonds. The van der Waals surface area contributed by atoms with Crippen LogP contribution < -0.4 is 0 Å². The van der Waals surface area contributed by atoms with Crippen LogP contribution in [0.4, 0.5) is 42.4 Å². The SMILES string of the molecule is F.F.F.F.F.O=[N+]([O-])c1cc([S])cc(C(F)(F)F)c1. The van der Waals surface area contributed by atoms with Crippen molar-refractivity contribution < 1.29 is 41.6 Å². The average molecular weight is 322 g/mol. The normalized spacial score (nSPS) is 8.37. The third kappa shape index (κ3) is 8.07. The first-order valence-corrected chi connectivity index (χ1v) is 3.75. The number of hydrogen-bond donors (Lipinski definition) is 0. The van der Waals surface area contributed by atoms with E-state index in [1.54, 1.807) is 0 Å². The monoisotopic (exact) mass is 322 g/mol. The van der Waals surface area contributed by atoms with E-state index in [0.29, 0.717) is 12.1 Å². The maximum absolute atomic E-state index is 12.1. The van der Waals surface area contributed by atoms with Gasteiger partial charge >= 0.3 is 6.18 Å². The summed E-state index contributed by atoms with van der Waals surface area (Å²) in [5, 5.41) is 10.2. The second-order valence-corrected chi connectivity index (χ2v) is 2.94. The summed E-state index contributed by atoms with van der Waals surface area (Å²) >= 11 is 4.47. The van der Waals surface area contributed by atoms with Crippen molar-refractivity contribution in [1.82, 2.24) is 0 Å². The smallest absolute Gasteiger partial charge is 0.269 e. The molecule has 1 radical (unpaired) electrons. The summed E-state index contributed by atoms with van der Waals surface area (Å²) in [6.45, 7) is 0. The molecule has 12 heteroatoms. The van der Waals surface area contributed by atoms with Crippen molar-refractivity contribution >= 4 is 18.3 Å². The molecular formula is C7H8F8NO2S. The lowest BCUT2D eigenvalue weighted by molar-refractivity contribution is -0.385. The Labute approximate surface area is 106 Å². The van der Waals surface area contributed by atoms with Gasteiger partial charge in [-0.05, 0) is 6.07 Å². The molecule has 115 valence electrons. The number of halogens is 8. The van der Waals surface area contributed by atoms with Crippen LogP contribution in [0.1, 0.15) is 5.56 Å². The molecule has 0 aromatic heterocycles. The van der Waals surface area contributed by atoms with Crippen LogP contribution >= 0.6 is 12.6 Å². The zero-order chi connectivity index (χ0) is 10.9. The van der Waals surface area contributed by atoms with Crippen molar-refractivity contribution in [2.75, 3.05) is 0 Å². The van der Waals surface area contributed by atoms with Gasteiger partial charge in [0.05, 0.1) is 10.5 Å². The van der Waals surface area contributed by atoms with E-state index in [9.17, 15) is 23.3 Å². The van der Waals surface area contributed by atoms with Gasteiger partial charge in [0.25, 0.3) is 5.69 Å². The minimum atomic E-state index is -4.61. The highest BCUT2D eigenvalue weighted by Gasteiger charge is 2.32. The van der Waals surface area contributed by atoms with E-state index in [2.05, 4.69) is 12.6 Å². The molecular weight excluding hydrogens is 314 g/mol. The number of nitro groups is 1. The zero-order valence-corrected chi connectivity index (χ0v) is 9.40. The number of nitro benzene ring substituents is 1. The molecule has 1 aromatic rings. The molecule has 0 fully saturated rings. The van der Waals surface area contributed by atoms with E-state index in [1.807, 2.05) is 0 Å². The molecule has 0 aliphatic heterocycles. The number of benzene rings is 1. The lowest BCUT2D eigenvalue weighted by atomic mass is 10.2. The fourth-order valence-electron chi connectivity index (χ4n) is 0.852. The molecule has 0 saturated heterocycles. The molecule has 0 aliphatic carbocycles. The fourth-order valence-corrected chi connectivity index (χ4v) is 1.10. The van der Waals surface area contributed by atoms with Crippen LogP contribution in [-0.2, 0) is 6.18 Å². The molecule has 0 unspecified atom stereocenters. The molecule has 19 heavy (non-hydrogen) atoms. The predicted octanol–water partition coefficient (Wildman–Crippen LogP) is 3.93. The summed E-state index contributed by atoms with van der Waals surface area (Å²) in [4.78, 5) is 9.11. The average Bonchev–Trinajstić information content (AvgIpc) is 2.01. The summed E-state index contributed by atoms with van der Waals surface area (Å²) < 4.78 is 36.4. The van der Waals surface area contributed by atoms with Gasteiger partial charge in [-0.1, -0.05) is 12.6 Å². The highest BCUT2D eigenvalue weighted by atomic mass is 32.1. The Morgan fingerprint density at radius 2 is 1.42 bits per heavy atom. The van der Waals surface area contributed by atoms with Gasteiger partial charge in [-0.25, -0.2) is 0 Å². The molecule has 0 N–H and O–H groups in total. The summed E-state index contributed by atoms with van der Waals surface area (Å²) in [7, 11) is 0. The molecule has 0 aliphatic rings. The number of hydrogen-bond acceptors (Lipinski definition) is 2. The summed E-state index contributed by atoms with van der Waals surface area (Å²) in [6, 6.07) is 2.04. The van der Waals surface area contributed by atoms with Gasteiger partial charge in [0, 0.05) is 17.0 Å². The second kappa shape index (κ2) is 10.2. The van der Waals surface area contributed by atoms with Crippen molar-refractivity contribution in [1.29, 1.82) is 0 Å². The van der Waals surface area contributed by atoms with Gasteiger partial charge in [0.15, 0.2) is 0 Å². The first kappa shape index (κ1) is 30.4. The van der Waals surface area contributed by atoms with Crippen LogP contribution in [0, 0.1) is 10.1 Å². The van der Waals surface area contributed by atoms with E-state index in [4.69, 9.17) is 0 Å². The van der Waals surface area contributed by atoms with Gasteiger partial charge in [-0.15, -0.1) is 0 Å². The van der Waals surface area contributed by atoms with Crippen molar-refractivity contribution in [2.45, 2.75) is 11.1 Å². The molecule has 1 aromatic carbocycles. The standard InChI is InChI=1S/C7H3F3NO2S.5FH/c8-7(9,10)4-1-5(11(12)13)3-6(14)2-4;;;;;/h1-3H;5*1H. The predicted molar refractivity (Wildman–Crippen MR) is 56.5 cm³/mol. The van der Waals surface area contributed by atoms with Crippen molar-refractivity contribution in [3.8, 4) is 0 Å². The summed E-state index contributed by atoms with van der Waals surface area (Å²) in [5.41, 5.74) is -1.75. The van der Waals surface area contributed by atoms with Crippen LogP contribution in [0.5, 0.6) is 0 Å². The Kier molecular flexibility index (Phi) is 16.3. The molecule has 0 saturated carbocycles. The van der Waals surface area contributed by atoms with Gasteiger partial charge in [-0.2, -0.15) is 13.2 Å². The Morgan fingerprint density at radius 1 is 1.00 bits per heavy atom. The van der Waals surface area contributed by atoms with Crippen molar-refractivity contribution in [3.05, 3.63) is 33.9 Å². The van der Waals surface area contributed by atoms with Crippen LogP contribution in [0.25, 0.3) is 0 Å².